The van der Waals surface area contributed by atoms with Crippen LogP contribution in [0.2, 0.25) is 5.02 Å². The van der Waals surface area contributed by atoms with Gasteiger partial charge in [-0.2, -0.15) is 10.2 Å². The molecule has 4 heterocycles. The van der Waals surface area contributed by atoms with Crippen molar-refractivity contribution in [2.45, 2.75) is 39.8 Å². The number of piperazine rings is 1. The number of hydrogen-bond donors (Lipinski definition) is 3. The number of alkyl carbamates (subject to hydrolysis) is 1. The predicted octanol–water partition coefficient (Wildman–Crippen LogP) is 4.50. The molecule has 1 fully saturated rings. The van der Waals surface area contributed by atoms with Crippen LogP contribution >= 0.6 is 22.9 Å². The van der Waals surface area contributed by atoms with Gasteiger partial charge in [0.2, 0.25) is 5.91 Å². The summed E-state index contributed by atoms with van der Waals surface area (Å²) in [4.78, 5) is 58.6. The number of anilines is 4. The van der Waals surface area contributed by atoms with Gasteiger partial charge in [-0.3, -0.25) is 14.5 Å². The maximum atomic E-state index is 13.5. The molecule has 0 radical (unpaired) electrons. The van der Waals surface area contributed by atoms with Crippen LogP contribution in [0.15, 0.2) is 40.7 Å². The van der Waals surface area contributed by atoms with Gasteiger partial charge in [0.15, 0.2) is 10.8 Å². The molecule has 3 aromatic rings. The summed E-state index contributed by atoms with van der Waals surface area (Å²) in [6.07, 6.45) is 1.56. The van der Waals surface area contributed by atoms with Gasteiger partial charge in [-0.1, -0.05) is 35.1 Å². The third-order valence-electron chi connectivity index (χ3n) is 8.64. The molecule has 292 valence electrons. The van der Waals surface area contributed by atoms with Gasteiger partial charge in [-0.15, -0.1) is 0 Å². The number of benzene rings is 1. The van der Waals surface area contributed by atoms with Crippen LogP contribution < -0.4 is 20.9 Å². The molecule has 2 aliphatic rings. The molecule has 0 atom stereocenters. The van der Waals surface area contributed by atoms with Crippen LogP contribution in [0, 0.1) is 13.8 Å². The lowest BCUT2D eigenvalue weighted by atomic mass is 10.2. The zero-order valence-electron chi connectivity index (χ0n) is 31.1. The second kappa shape index (κ2) is 19.7. The van der Waals surface area contributed by atoms with E-state index in [1.807, 2.05) is 45.9 Å². The number of halogens is 1. The average molecular weight is 786 g/mol. The van der Waals surface area contributed by atoms with Crippen molar-refractivity contribution in [3.8, 4) is 0 Å². The molecule has 3 N–H and O–H groups in total. The van der Waals surface area contributed by atoms with Crippen LogP contribution in [0.3, 0.4) is 0 Å². The number of carbonyl (C=O) groups excluding carboxylic acids is 3. The summed E-state index contributed by atoms with van der Waals surface area (Å²) in [7, 11) is 0. The van der Waals surface area contributed by atoms with E-state index in [1.165, 1.54) is 17.5 Å². The van der Waals surface area contributed by atoms with Crippen molar-refractivity contribution in [3.05, 3.63) is 51.7 Å². The van der Waals surface area contributed by atoms with E-state index >= 15 is 0 Å². The highest BCUT2D eigenvalue weighted by Gasteiger charge is 2.34. The van der Waals surface area contributed by atoms with Crippen LogP contribution in [-0.4, -0.2) is 134 Å². The molecular weight excluding hydrogens is 738 g/mol. The minimum atomic E-state index is -0.562. The minimum Gasteiger partial charge on any atom is -0.447 e. The zero-order valence-corrected chi connectivity index (χ0v) is 32.7. The van der Waals surface area contributed by atoms with Crippen LogP contribution in [0.4, 0.5) is 27.2 Å². The summed E-state index contributed by atoms with van der Waals surface area (Å²) in [6.45, 7) is 13.4. The van der Waals surface area contributed by atoms with E-state index in [1.54, 1.807) is 11.0 Å². The Kier molecular flexibility index (Phi) is 14.9. The summed E-state index contributed by atoms with van der Waals surface area (Å²) in [5.74, 6) is 1.55. The third kappa shape index (κ3) is 12.5. The average Bonchev–Trinajstić information content (AvgIpc) is 3.70. The van der Waals surface area contributed by atoms with Crippen molar-refractivity contribution in [1.82, 2.24) is 30.1 Å². The van der Waals surface area contributed by atoms with E-state index in [0.29, 0.717) is 97.9 Å². The highest BCUT2D eigenvalue weighted by Crippen LogP contribution is 2.31. The predicted molar refractivity (Wildman–Crippen MR) is 206 cm³/mol. The van der Waals surface area contributed by atoms with Crippen molar-refractivity contribution in [2.75, 3.05) is 101 Å². The Morgan fingerprint density at radius 3 is 2.52 bits per heavy atom. The summed E-state index contributed by atoms with van der Waals surface area (Å²) in [6, 6.07) is 7.29. The molecule has 1 aromatic carbocycles. The number of nitrogens with one attached hydrogen (secondary N) is 3. The van der Waals surface area contributed by atoms with Gasteiger partial charge < -0.3 is 40.0 Å². The molecule has 5 rings (SSSR count). The molecule has 0 spiro atoms. The molecule has 54 heavy (non-hydrogen) atoms. The lowest BCUT2D eigenvalue weighted by Crippen LogP contribution is -2.51. The number of aryl methyl sites for hydroxylation is 2. The molecule has 19 heteroatoms. The van der Waals surface area contributed by atoms with Gasteiger partial charge in [-0.05, 0) is 39.3 Å². The van der Waals surface area contributed by atoms with Gasteiger partial charge in [-0.25, -0.2) is 19.7 Å². The van der Waals surface area contributed by atoms with Gasteiger partial charge >= 0.3 is 6.09 Å². The molecular formula is C35H48ClN11O6S. The van der Waals surface area contributed by atoms with Crippen molar-refractivity contribution in [3.63, 3.8) is 0 Å². The highest BCUT2D eigenvalue weighted by atomic mass is 35.5. The van der Waals surface area contributed by atoms with E-state index in [4.69, 9.17) is 25.8 Å². The number of para-hydroxylation sites is 1. The first-order valence-corrected chi connectivity index (χ1v) is 19.1. The zero-order chi connectivity index (χ0) is 38.5. The van der Waals surface area contributed by atoms with Crippen molar-refractivity contribution in [1.29, 1.82) is 0 Å². The first-order valence-electron chi connectivity index (χ1n) is 17.9. The highest BCUT2D eigenvalue weighted by molar-refractivity contribution is 7.17. The van der Waals surface area contributed by atoms with Gasteiger partial charge in [0.1, 0.15) is 28.9 Å². The Morgan fingerprint density at radius 1 is 1.02 bits per heavy atom. The standard InChI is InChI=1S/C35H48ClN11O6S/c1-5-51-17-18-52-19-20-53-34(50)37-10-12-47(11-9-35(4)43-44-35)30(48)23-45-13-15-46(16-14-45)29-21-28(39-25(3)40-29)41-33-38-22-27(54-33)32(49)42-31-24(2)7-6-8-26(31)36/h6-8,21-22H,5,9-20,23H2,1-4H3,(H,37,50)(H,42,49)(H,38,39,40,41). The quantitative estimate of drug-likeness (QED) is 0.136. The monoisotopic (exact) mass is 785 g/mol. The number of hydrogen-bond acceptors (Lipinski definition) is 15. The van der Waals surface area contributed by atoms with Crippen LogP contribution in [0.25, 0.3) is 0 Å². The van der Waals surface area contributed by atoms with Crippen LogP contribution in [0.1, 0.15) is 41.3 Å². The molecule has 0 unspecified atom stereocenters. The molecule has 17 nitrogen and oxygen atoms in total. The SMILES string of the molecule is CCOCCOCCOC(=O)NCCN(CCC1(C)N=N1)C(=O)CN1CCN(c2cc(Nc3ncc(C(=O)Nc4c(C)cccc4Cl)s3)nc(C)n2)CC1. The molecule has 2 aliphatic heterocycles. The maximum Gasteiger partial charge on any atom is 0.407 e. The number of amides is 3. The topological polar surface area (TPSA) is 188 Å². The number of nitrogens with zero attached hydrogens (tertiary/aromatic N) is 8. The lowest BCUT2D eigenvalue weighted by Gasteiger charge is -2.36. The maximum absolute atomic E-state index is 13.5. The summed E-state index contributed by atoms with van der Waals surface area (Å²) < 4.78 is 15.7. The second-order valence-electron chi connectivity index (χ2n) is 12.9. The first-order chi connectivity index (χ1) is 26.0. The summed E-state index contributed by atoms with van der Waals surface area (Å²) in [5, 5.41) is 17.9. The minimum absolute atomic E-state index is 0.0339. The Morgan fingerprint density at radius 2 is 1.78 bits per heavy atom. The fourth-order valence-electron chi connectivity index (χ4n) is 5.51. The Labute approximate surface area is 323 Å². The molecule has 3 amide bonds. The van der Waals surface area contributed by atoms with Crippen LogP contribution in [-0.2, 0) is 19.0 Å². The molecule has 2 aromatic heterocycles. The number of aromatic nitrogens is 3. The number of ether oxygens (including phenoxy) is 3. The van der Waals surface area contributed by atoms with Gasteiger partial charge in [0.25, 0.3) is 5.91 Å². The number of carbonyl (C=O) groups is 3. The number of thiazole rings is 1. The van der Waals surface area contributed by atoms with Gasteiger partial charge in [0, 0.05) is 64.9 Å². The smallest absolute Gasteiger partial charge is 0.407 e. The van der Waals surface area contributed by atoms with E-state index in [0.717, 1.165) is 11.4 Å². The molecule has 0 bridgehead atoms. The van der Waals surface area contributed by atoms with E-state index in [9.17, 15) is 14.4 Å². The van der Waals surface area contributed by atoms with Crippen molar-refractivity contribution < 1.29 is 28.6 Å². The Balaban J connectivity index is 1.08. The normalized spacial score (nSPS) is 14.8. The largest absolute Gasteiger partial charge is 0.447 e. The molecule has 1 saturated heterocycles. The van der Waals surface area contributed by atoms with Crippen molar-refractivity contribution >= 4 is 63.3 Å². The third-order valence-corrected chi connectivity index (χ3v) is 9.87. The Hall–Kier alpha value is -4.49. The van der Waals surface area contributed by atoms with Crippen LogP contribution in [0.5, 0.6) is 0 Å². The first kappa shape index (κ1) is 40.7. The van der Waals surface area contributed by atoms with E-state index in [2.05, 4.69) is 50.9 Å². The summed E-state index contributed by atoms with van der Waals surface area (Å²) >= 11 is 7.49. The van der Waals surface area contributed by atoms with Crippen molar-refractivity contribution in [2.24, 2.45) is 10.2 Å². The summed E-state index contributed by atoms with van der Waals surface area (Å²) in [5.41, 5.74) is 0.981. The van der Waals surface area contributed by atoms with E-state index in [-0.39, 0.29) is 38.1 Å². The molecule has 0 saturated carbocycles. The Bertz CT molecular complexity index is 1740. The number of rotatable bonds is 20. The lowest BCUT2D eigenvalue weighted by molar-refractivity contribution is -0.132. The second-order valence-corrected chi connectivity index (χ2v) is 14.3. The van der Waals surface area contributed by atoms with Gasteiger partial charge in [0.05, 0.1) is 43.3 Å². The fourth-order valence-corrected chi connectivity index (χ4v) is 6.50. The molecule has 0 aliphatic carbocycles. The van der Waals surface area contributed by atoms with E-state index < -0.39 is 11.8 Å². The fraction of sp³-hybridized carbons (Fsp3) is 0.543.